The number of ether oxygens (including phenoxy) is 1. The Morgan fingerprint density at radius 3 is 2.50 bits per heavy atom. The molecule has 3 atom stereocenters. The van der Waals surface area contributed by atoms with E-state index in [1.54, 1.807) is 6.08 Å². The van der Waals surface area contributed by atoms with Crippen molar-refractivity contribution in [3.05, 3.63) is 11.6 Å². The molecule has 1 aliphatic carbocycles. The molecule has 0 spiro atoms. The number of alkyl halides is 1. The van der Waals surface area contributed by atoms with E-state index in [4.69, 9.17) is 9.16 Å². The molecule has 1 N–H and O–H groups in total. The molecule has 24 heavy (non-hydrogen) atoms. The van der Waals surface area contributed by atoms with Crippen LogP contribution in [0.3, 0.4) is 0 Å². The van der Waals surface area contributed by atoms with Gasteiger partial charge >= 0.3 is 5.97 Å². The monoisotopic (exact) mass is 360 g/mol. The van der Waals surface area contributed by atoms with E-state index < -0.39 is 20.4 Å². The Morgan fingerprint density at radius 1 is 1.38 bits per heavy atom. The molecule has 0 heterocycles. The van der Waals surface area contributed by atoms with Crippen LogP contribution >= 0.6 is 0 Å². The zero-order chi connectivity index (χ0) is 18.5. The predicted molar refractivity (Wildman–Crippen MR) is 96.1 cm³/mol. The summed E-state index contributed by atoms with van der Waals surface area (Å²) >= 11 is 0. The fourth-order valence-electron chi connectivity index (χ4n) is 2.80. The average molecular weight is 361 g/mol. The molecule has 1 rings (SSSR count). The van der Waals surface area contributed by atoms with Gasteiger partial charge in [0.25, 0.3) is 0 Å². The maximum absolute atomic E-state index is 12.5. The van der Waals surface area contributed by atoms with E-state index in [0.717, 1.165) is 0 Å². The molecule has 0 aromatic rings. The second-order valence-electron chi connectivity index (χ2n) is 8.10. The predicted octanol–water partition coefficient (Wildman–Crippen LogP) is 4.00. The number of rotatable bonds is 7. The molecular weight excluding hydrogens is 327 g/mol. The van der Waals surface area contributed by atoms with Crippen LogP contribution in [-0.2, 0) is 14.0 Å². The van der Waals surface area contributed by atoms with Crippen molar-refractivity contribution in [1.82, 2.24) is 0 Å². The van der Waals surface area contributed by atoms with E-state index in [1.807, 2.05) is 0 Å². The van der Waals surface area contributed by atoms with E-state index in [-0.39, 0.29) is 23.7 Å². The number of aliphatic hydroxyl groups excluding tert-OH is 1. The fourth-order valence-corrected chi connectivity index (χ4v) is 4.19. The van der Waals surface area contributed by atoms with Crippen LogP contribution in [-0.4, -0.2) is 45.4 Å². The molecule has 6 heteroatoms. The third-order valence-electron chi connectivity index (χ3n) is 5.37. The largest absolute Gasteiger partial charge is 0.466 e. The Morgan fingerprint density at radius 2 is 2.00 bits per heavy atom. The molecule has 0 fully saturated rings. The Kier molecular flexibility index (Phi) is 7.63. The van der Waals surface area contributed by atoms with Gasteiger partial charge in [-0.2, -0.15) is 0 Å². The second kappa shape index (κ2) is 8.58. The van der Waals surface area contributed by atoms with E-state index in [0.29, 0.717) is 31.3 Å². The Balaban J connectivity index is 2.99. The number of hydrogen-bond donors (Lipinski definition) is 1. The van der Waals surface area contributed by atoms with Gasteiger partial charge in [-0.1, -0.05) is 33.3 Å². The molecular formula is C18H33FO4Si. The Labute approximate surface area is 146 Å². The van der Waals surface area contributed by atoms with Gasteiger partial charge in [0.15, 0.2) is 8.32 Å². The minimum Gasteiger partial charge on any atom is -0.466 e. The third-order valence-corrected chi connectivity index (χ3v) is 9.87. The van der Waals surface area contributed by atoms with E-state index >= 15 is 0 Å². The van der Waals surface area contributed by atoms with Gasteiger partial charge in [-0.05, 0) is 37.4 Å². The number of aliphatic hydroxyl groups is 1. The molecule has 0 saturated carbocycles. The molecule has 1 aliphatic rings. The lowest BCUT2D eigenvalue weighted by molar-refractivity contribution is -0.138. The summed E-state index contributed by atoms with van der Waals surface area (Å²) in [5.74, 6) is -0.700. The summed E-state index contributed by atoms with van der Waals surface area (Å²) in [6, 6.07) is 0. The van der Waals surface area contributed by atoms with Crippen molar-refractivity contribution < 1.29 is 23.5 Å². The third kappa shape index (κ3) is 5.13. The van der Waals surface area contributed by atoms with Crippen molar-refractivity contribution in [3.8, 4) is 0 Å². The number of halogens is 1. The SMILES string of the molecule is COC(=O)C1=CC[C@@H](O[Si](C)(C)C(C)(C)C)[C@H](CCCCF)[C@@H]1O. The van der Waals surface area contributed by atoms with Gasteiger partial charge in [0, 0.05) is 5.92 Å². The van der Waals surface area contributed by atoms with E-state index in [1.165, 1.54) is 7.11 Å². The minimum absolute atomic E-state index is 0.0633. The van der Waals surface area contributed by atoms with Crippen molar-refractivity contribution in [3.63, 3.8) is 0 Å². The summed E-state index contributed by atoms with van der Waals surface area (Å²) in [5.41, 5.74) is 0.304. The zero-order valence-electron chi connectivity index (χ0n) is 15.9. The minimum atomic E-state index is -2.00. The van der Waals surface area contributed by atoms with Crippen LogP contribution in [0.5, 0.6) is 0 Å². The van der Waals surface area contributed by atoms with Crippen molar-refractivity contribution in [2.24, 2.45) is 5.92 Å². The first kappa shape index (κ1) is 21.3. The lowest BCUT2D eigenvalue weighted by Crippen LogP contribution is -2.49. The summed E-state index contributed by atoms with van der Waals surface area (Å²) in [5, 5.41) is 10.7. The molecule has 0 unspecified atom stereocenters. The molecule has 0 radical (unpaired) electrons. The fraction of sp³-hybridized carbons (Fsp3) is 0.833. The highest BCUT2D eigenvalue weighted by atomic mass is 28.4. The number of esters is 1. The second-order valence-corrected chi connectivity index (χ2v) is 12.9. The van der Waals surface area contributed by atoms with E-state index in [9.17, 15) is 14.3 Å². The number of unbranched alkanes of at least 4 members (excludes halogenated alkanes) is 1. The van der Waals surface area contributed by atoms with Crippen molar-refractivity contribution in [2.75, 3.05) is 13.8 Å². The summed E-state index contributed by atoms with van der Waals surface area (Å²) in [6.45, 7) is 10.5. The molecule has 0 aromatic carbocycles. The van der Waals surface area contributed by atoms with Crippen molar-refractivity contribution >= 4 is 14.3 Å². The van der Waals surface area contributed by atoms with Crippen LogP contribution in [0.15, 0.2) is 11.6 Å². The van der Waals surface area contributed by atoms with Gasteiger partial charge in [-0.15, -0.1) is 0 Å². The normalized spacial score (nSPS) is 25.3. The summed E-state index contributed by atoms with van der Waals surface area (Å²) in [7, 11) is -0.688. The lowest BCUT2D eigenvalue weighted by atomic mass is 9.80. The van der Waals surface area contributed by atoms with Crippen LogP contribution in [0, 0.1) is 5.92 Å². The van der Waals surface area contributed by atoms with Gasteiger partial charge in [-0.3, -0.25) is 4.39 Å². The Bertz CT molecular complexity index is 456. The van der Waals surface area contributed by atoms with Crippen LogP contribution in [0.1, 0.15) is 46.5 Å². The average Bonchev–Trinajstić information content (AvgIpc) is 2.48. The highest BCUT2D eigenvalue weighted by Gasteiger charge is 2.44. The van der Waals surface area contributed by atoms with Crippen LogP contribution in [0.4, 0.5) is 4.39 Å². The first-order valence-corrected chi connectivity index (χ1v) is 11.7. The van der Waals surface area contributed by atoms with Gasteiger partial charge in [0.05, 0.1) is 31.6 Å². The first-order chi connectivity index (χ1) is 11.0. The number of methoxy groups -OCH3 is 1. The van der Waals surface area contributed by atoms with Crippen LogP contribution in [0.25, 0.3) is 0 Å². The van der Waals surface area contributed by atoms with Crippen LogP contribution in [0.2, 0.25) is 18.1 Å². The van der Waals surface area contributed by atoms with Crippen LogP contribution < -0.4 is 0 Å². The summed E-state index contributed by atoms with van der Waals surface area (Å²) in [6.07, 6.45) is 3.03. The highest BCUT2D eigenvalue weighted by molar-refractivity contribution is 6.74. The zero-order valence-corrected chi connectivity index (χ0v) is 16.9. The number of carbonyl (C=O) groups is 1. The standard InChI is InChI=1S/C18H33FO4Si/c1-18(2,3)24(5,6)23-15-11-10-14(17(21)22-4)16(20)13(15)9-7-8-12-19/h10,13,15-16,20H,7-9,11-12H2,1-6H3/t13-,15+,16-/m0/s1. The molecule has 0 bridgehead atoms. The lowest BCUT2D eigenvalue weighted by Gasteiger charge is -2.44. The van der Waals surface area contributed by atoms with Gasteiger partial charge in [-0.25, -0.2) is 4.79 Å². The van der Waals surface area contributed by atoms with Gasteiger partial charge in [0.2, 0.25) is 0 Å². The number of carbonyl (C=O) groups excluding carboxylic acids is 1. The van der Waals surface area contributed by atoms with E-state index in [2.05, 4.69) is 33.9 Å². The number of hydrogen-bond acceptors (Lipinski definition) is 4. The molecule has 140 valence electrons. The highest BCUT2D eigenvalue weighted by Crippen LogP contribution is 2.41. The molecule has 0 saturated heterocycles. The molecule has 0 aliphatic heterocycles. The molecule has 4 nitrogen and oxygen atoms in total. The Hall–Kier alpha value is -0.723. The maximum atomic E-state index is 12.5. The van der Waals surface area contributed by atoms with Crippen molar-refractivity contribution in [1.29, 1.82) is 0 Å². The maximum Gasteiger partial charge on any atom is 0.336 e. The topological polar surface area (TPSA) is 55.8 Å². The molecule has 0 aromatic heterocycles. The molecule has 0 amide bonds. The van der Waals surface area contributed by atoms with Crippen molar-refractivity contribution in [2.45, 2.75) is 76.8 Å². The summed E-state index contributed by atoms with van der Waals surface area (Å²) in [4.78, 5) is 11.9. The smallest absolute Gasteiger partial charge is 0.336 e. The van der Waals surface area contributed by atoms with Gasteiger partial charge in [0.1, 0.15) is 0 Å². The summed E-state index contributed by atoms with van der Waals surface area (Å²) < 4.78 is 23.7. The first-order valence-electron chi connectivity index (χ1n) is 8.75. The van der Waals surface area contributed by atoms with Gasteiger partial charge < -0.3 is 14.3 Å². The quantitative estimate of drug-likeness (QED) is 0.424.